The highest BCUT2D eigenvalue weighted by Gasteiger charge is 2.27. The van der Waals surface area contributed by atoms with Crippen LogP contribution in [0.3, 0.4) is 0 Å². The molecular weight excluding hydrogens is 272 g/mol. The van der Waals surface area contributed by atoms with Crippen molar-refractivity contribution in [3.8, 4) is 23.0 Å². The molecule has 21 heavy (non-hydrogen) atoms. The van der Waals surface area contributed by atoms with Crippen molar-refractivity contribution >= 4 is 11.9 Å². The molecule has 0 aromatic heterocycles. The van der Waals surface area contributed by atoms with Gasteiger partial charge in [-0.3, -0.25) is 4.79 Å². The quantitative estimate of drug-likeness (QED) is 0.476. The predicted octanol–water partition coefficient (Wildman–Crippen LogP) is 2.33. The topological polar surface area (TPSA) is 98.0 Å². The van der Waals surface area contributed by atoms with Crippen LogP contribution in [0.25, 0.3) is 6.08 Å². The molecule has 0 amide bonds. The highest BCUT2D eigenvalue weighted by molar-refractivity contribution is 6.16. The molecule has 0 radical (unpaired) electrons. The number of allylic oxidation sites excluding steroid dienone is 1. The zero-order valence-corrected chi connectivity index (χ0v) is 10.9. The van der Waals surface area contributed by atoms with Gasteiger partial charge in [-0.1, -0.05) is 12.1 Å². The van der Waals surface area contributed by atoms with Crippen molar-refractivity contribution in [3.63, 3.8) is 0 Å². The molecule has 0 aliphatic heterocycles. The Balaban J connectivity index is 2.04. The Bertz CT molecular complexity index is 766. The second kappa shape index (κ2) is 4.56. The standard InChI is InChI=1S/C16H12O5/c17-12-3-1-2-10-11(12)7-9(15(10)20)4-8-5-13(18)16(21)14(19)6-8/h1-6,17-19,21H,7H2. The minimum Gasteiger partial charge on any atom is -0.508 e. The van der Waals surface area contributed by atoms with Gasteiger partial charge >= 0.3 is 0 Å². The molecule has 0 heterocycles. The molecule has 0 fully saturated rings. The summed E-state index contributed by atoms with van der Waals surface area (Å²) in [5.74, 6) is -1.66. The highest BCUT2D eigenvalue weighted by atomic mass is 16.3. The van der Waals surface area contributed by atoms with E-state index in [9.17, 15) is 25.2 Å². The van der Waals surface area contributed by atoms with E-state index < -0.39 is 17.2 Å². The summed E-state index contributed by atoms with van der Waals surface area (Å²) in [6, 6.07) is 7.26. The molecule has 3 rings (SSSR count). The molecule has 2 aromatic rings. The van der Waals surface area contributed by atoms with Crippen LogP contribution in [0, 0.1) is 0 Å². The number of carbonyl (C=O) groups excluding carboxylic acids is 1. The first-order valence-electron chi connectivity index (χ1n) is 6.28. The summed E-state index contributed by atoms with van der Waals surface area (Å²) in [6.07, 6.45) is 1.80. The normalized spacial score (nSPS) is 15.4. The van der Waals surface area contributed by atoms with E-state index >= 15 is 0 Å². The van der Waals surface area contributed by atoms with E-state index in [-0.39, 0.29) is 18.0 Å². The second-order valence-electron chi connectivity index (χ2n) is 4.89. The third-order valence-corrected chi connectivity index (χ3v) is 3.49. The van der Waals surface area contributed by atoms with Gasteiger partial charge in [-0.05, 0) is 29.8 Å². The highest BCUT2D eigenvalue weighted by Crippen LogP contribution is 2.38. The van der Waals surface area contributed by atoms with Gasteiger partial charge in [0.25, 0.3) is 0 Å². The van der Waals surface area contributed by atoms with Crippen LogP contribution in [0.5, 0.6) is 23.0 Å². The Labute approximate surface area is 120 Å². The first-order chi connectivity index (χ1) is 9.97. The molecule has 5 heteroatoms. The molecule has 4 N–H and O–H groups in total. The van der Waals surface area contributed by atoms with Gasteiger partial charge in [0.2, 0.25) is 0 Å². The minimum atomic E-state index is -0.601. The van der Waals surface area contributed by atoms with Gasteiger partial charge in [-0.2, -0.15) is 0 Å². The Morgan fingerprint density at radius 2 is 1.62 bits per heavy atom. The molecular formula is C16H12O5. The fourth-order valence-electron chi connectivity index (χ4n) is 2.44. The van der Waals surface area contributed by atoms with E-state index in [4.69, 9.17) is 0 Å². The molecule has 5 nitrogen and oxygen atoms in total. The van der Waals surface area contributed by atoms with Gasteiger partial charge < -0.3 is 20.4 Å². The van der Waals surface area contributed by atoms with Crippen LogP contribution in [0.2, 0.25) is 0 Å². The molecule has 1 aliphatic rings. The van der Waals surface area contributed by atoms with Gasteiger partial charge in [0.05, 0.1) is 0 Å². The largest absolute Gasteiger partial charge is 0.508 e. The summed E-state index contributed by atoms with van der Waals surface area (Å²) < 4.78 is 0. The number of benzene rings is 2. The molecule has 2 aromatic carbocycles. The number of rotatable bonds is 1. The Morgan fingerprint density at radius 3 is 2.24 bits per heavy atom. The molecule has 0 atom stereocenters. The summed E-state index contributed by atoms with van der Waals surface area (Å²) in [6.45, 7) is 0. The maximum atomic E-state index is 12.2. The second-order valence-corrected chi connectivity index (χ2v) is 4.89. The summed E-state index contributed by atoms with van der Waals surface area (Å²) in [4.78, 5) is 12.2. The number of aromatic hydroxyl groups is 4. The van der Waals surface area contributed by atoms with Crippen LogP contribution >= 0.6 is 0 Å². The lowest BCUT2D eigenvalue weighted by Gasteiger charge is -2.03. The Kier molecular flexibility index (Phi) is 2.83. The van der Waals surface area contributed by atoms with Gasteiger partial charge in [0, 0.05) is 23.1 Å². The lowest BCUT2D eigenvalue weighted by Crippen LogP contribution is -1.95. The number of phenols is 4. The number of fused-ring (bicyclic) bond motifs is 1. The van der Waals surface area contributed by atoms with E-state index in [1.165, 1.54) is 24.3 Å². The van der Waals surface area contributed by atoms with Crippen molar-refractivity contribution in [1.82, 2.24) is 0 Å². The van der Waals surface area contributed by atoms with E-state index in [0.29, 0.717) is 22.3 Å². The predicted molar refractivity (Wildman–Crippen MR) is 75.6 cm³/mol. The molecule has 0 unspecified atom stereocenters. The zero-order valence-electron chi connectivity index (χ0n) is 10.9. The first kappa shape index (κ1) is 13.1. The number of ketones is 1. The van der Waals surface area contributed by atoms with Crippen LogP contribution < -0.4 is 0 Å². The average Bonchev–Trinajstić information content (AvgIpc) is 2.75. The molecule has 106 valence electrons. The molecule has 0 saturated carbocycles. The number of hydrogen-bond acceptors (Lipinski definition) is 5. The number of Topliss-reactive ketones (excluding diaryl/α,β-unsaturated/α-hetero) is 1. The van der Waals surface area contributed by atoms with E-state index in [2.05, 4.69) is 0 Å². The van der Waals surface area contributed by atoms with Crippen molar-refractivity contribution in [2.75, 3.05) is 0 Å². The summed E-state index contributed by atoms with van der Waals surface area (Å²) in [5, 5.41) is 38.0. The van der Waals surface area contributed by atoms with Crippen molar-refractivity contribution in [3.05, 3.63) is 52.6 Å². The maximum Gasteiger partial charge on any atom is 0.200 e. The average molecular weight is 284 g/mol. The monoisotopic (exact) mass is 284 g/mol. The lowest BCUT2D eigenvalue weighted by molar-refractivity contribution is 0.104. The van der Waals surface area contributed by atoms with E-state index in [1.807, 2.05) is 0 Å². The minimum absolute atomic E-state index is 0.0700. The van der Waals surface area contributed by atoms with Crippen molar-refractivity contribution in [2.24, 2.45) is 0 Å². The number of phenolic OH excluding ortho intramolecular Hbond substituents is 4. The first-order valence-corrected chi connectivity index (χ1v) is 6.28. The smallest absolute Gasteiger partial charge is 0.200 e. The maximum absolute atomic E-state index is 12.2. The van der Waals surface area contributed by atoms with Crippen molar-refractivity contribution in [1.29, 1.82) is 0 Å². The van der Waals surface area contributed by atoms with Gasteiger partial charge in [0.1, 0.15) is 5.75 Å². The molecule has 1 aliphatic carbocycles. The Hall–Kier alpha value is -2.95. The number of hydrogen-bond donors (Lipinski definition) is 4. The van der Waals surface area contributed by atoms with Crippen LogP contribution in [0.1, 0.15) is 21.5 Å². The molecule has 0 spiro atoms. The van der Waals surface area contributed by atoms with Gasteiger partial charge in [0.15, 0.2) is 23.0 Å². The zero-order chi connectivity index (χ0) is 15.1. The van der Waals surface area contributed by atoms with Crippen LogP contribution in [-0.2, 0) is 6.42 Å². The fourth-order valence-corrected chi connectivity index (χ4v) is 2.44. The van der Waals surface area contributed by atoms with Gasteiger partial charge in [-0.25, -0.2) is 0 Å². The van der Waals surface area contributed by atoms with Crippen LogP contribution in [-0.4, -0.2) is 26.2 Å². The summed E-state index contributed by atoms with van der Waals surface area (Å²) in [7, 11) is 0. The SMILES string of the molecule is O=C1C(=Cc2cc(O)c(O)c(O)c2)Cc2c(O)cccc21. The van der Waals surface area contributed by atoms with E-state index in [0.717, 1.165) is 0 Å². The lowest BCUT2D eigenvalue weighted by atomic mass is 10.1. The van der Waals surface area contributed by atoms with E-state index in [1.54, 1.807) is 12.1 Å². The van der Waals surface area contributed by atoms with Crippen LogP contribution in [0.4, 0.5) is 0 Å². The molecule has 0 saturated heterocycles. The third-order valence-electron chi connectivity index (χ3n) is 3.49. The summed E-state index contributed by atoms with van der Waals surface area (Å²) >= 11 is 0. The van der Waals surface area contributed by atoms with Gasteiger partial charge in [-0.15, -0.1) is 0 Å². The Morgan fingerprint density at radius 1 is 0.952 bits per heavy atom. The van der Waals surface area contributed by atoms with Crippen molar-refractivity contribution in [2.45, 2.75) is 6.42 Å². The third kappa shape index (κ3) is 2.08. The van der Waals surface area contributed by atoms with Crippen molar-refractivity contribution < 1.29 is 25.2 Å². The molecule has 0 bridgehead atoms. The number of carbonyl (C=O) groups is 1. The fraction of sp³-hybridized carbons (Fsp3) is 0.0625. The van der Waals surface area contributed by atoms with Crippen LogP contribution in [0.15, 0.2) is 35.9 Å². The summed E-state index contributed by atoms with van der Waals surface area (Å²) in [5.41, 5.74) is 1.85.